The van der Waals surface area contributed by atoms with E-state index in [9.17, 15) is 9.59 Å². The maximum Gasteiger partial charge on any atom is 0.341 e. The van der Waals surface area contributed by atoms with E-state index >= 15 is 0 Å². The van der Waals surface area contributed by atoms with Gasteiger partial charge in [0.05, 0.1) is 23.3 Å². The van der Waals surface area contributed by atoms with E-state index in [4.69, 9.17) is 27.9 Å². The normalized spacial score (nSPS) is 16.2. The van der Waals surface area contributed by atoms with Gasteiger partial charge in [-0.2, -0.15) is 0 Å². The molecular formula is C18H17Cl2NO3S. The molecule has 0 unspecified atom stereocenters. The number of ether oxygens (including phenoxy) is 1. The maximum atomic E-state index is 12.6. The van der Waals surface area contributed by atoms with Gasteiger partial charge >= 0.3 is 5.97 Å². The Labute approximate surface area is 160 Å². The highest BCUT2D eigenvalue weighted by molar-refractivity contribution is 7.17. The SMILES string of the molecule is COC(=O)c1c(NC(=O)c2ccc(Cl)cc2Cl)sc2c1CC[C@@H](C)C2. The van der Waals surface area contributed by atoms with Crippen LogP contribution in [0.1, 0.15) is 44.5 Å². The number of hydrogen-bond donors (Lipinski definition) is 1. The van der Waals surface area contributed by atoms with Crippen molar-refractivity contribution in [2.45, 2.75) is 26.2 Å². The standard InChI is InChI=1S/C18H17Cl2NO3S/c1-9-3-5-12-14(7-9)25-17(15(12)18(23)24-2)21-16(22)11-6-4-10(19)8-13(11)20/h4,6,8-9H,3,5,7H2,1-2H3,(H,21,22)/t9-/m1/s1. The molecule has 0 spiro atoms. The van der Waals surface area contributed by atoms with Crippen LogP contribution in [0.3, 0.4) is 0 Å². The molecule has 1 N–H and O–H groups in total. The number of carbonyl (C=O) groups is 2. The third-order valence-corrected chi connectivity index (χ3v) is 6.02. The third-order valence-electron chi connectivity index (χ3n) is 4.30. The van der Waals surface area contributed by atoms with Crippen LogP contribution in [0, 0.1) is 5.92 Å². The molecule has 2 aromatic rings. The predicted molar refractivity (Wildman–Crippen MR) is 101 cm³/mol. The largest absolute Gasteiger partial charge is 0.465 e. The van der Waals surface area contributed by atoms with Gasteiger partial charge in [0.25, 0.3) is 5.91 Å². The zero-order valence-electron chi connectivity index (χ0n) is 13.8. The Morgan fingerprint density at radius 2 is 2.08 bits per heavy atom. The van der Waals surface area contributed by atoms with Crippen molar-refractivity contribution in [1.29, 1.82) is 0 Å². The lowest BCUT2D eigenvalue weighted by Crippen LogP contribution is -2.16. The average molecular weight is 398 g/mol. The van der Waals surface area contributed by atoms with E-state index in [2.05, 4.69) is 12.2 Å². The molecule has 132 valence electrons. The molecular weight excluding hydrogens is 381 g/mol. The van der Waals surface area contributed by atoms with Crippen molar-refractivity contribution in [2.75, 3.05) is 12.4 Å². The number of methoxy groups -OCH3 is 1. The van der Waals surface area contributed by atoms with Gasteiger partial charge in [0, 0.05) is 9.90 Å². The highest BCUT2D eigenvalue weighted by atomic mass is 35.5. The molecule has 3 rings (SSSR count). The van der Waals surface area contributed by atoms with Crippen molar-refractivity contribution >= 4 is 51.4 Å². The second-order valence-electron chi connectivity index (χ2n) is 6.13. The summed E-state index contributed by atoms with van der Waals surface area (Å²) in [6, 6.07) is 4.68. The number of fused-ring (bicyclic) bond motifs is 1. The van der Waals surface area contributed by atoms with Crippen molar-refractivity contribution in [3.63, 3.8) is 0 Å². The fourth-order valence-electron chi connectivity index (χ4n) is 3.00. The van der Waals surface area contributed by atoms with Gasteiger partial charge in [-0.25, -0.2) is 4.79 Å². The Morgan fingerprint density at radius 1 is 1.32 bits per heavy atom. The Morgan fingerprint density at radius 3 is 2.76 bits per heavy atom. The van der Waals surface area contributed by atoms with Crippen LogP contribution >= 0.6 is 34.5 Å². The van der Waals surface area contributed by atoms with Crippen LogP contribution in [0.5, 0.6) is 0 Å². The fourth-order valence-corrected chi connectivity index (χ4v) is 4.89. The first-order valence-corrected chi connectivity index (χ1v) is 9.47. The van der Waals surface area contributed by atoms with Crippen LogP contribution in [-0.2, 0) is 17.6 Å². The molecule has 7 heteroatoms. The molecule has 0 saturated carbocycles. The van der Waals surface area contributed by atoms with Crippen molar-refractivity contribution < 1.29 is 14.3 Å². The molecule has 0 saturated heterocycles. The second kappa shape index (κ2) is 7.36. The number of amides is 1. The van der Waals surface area contributed by atoms with Crippen LogP contribution in [-0.4, -0.2) is 19.0 Å². The number of esters is 1. The number of rotatable bonds is 3. The van der Waals surface area contributed by atoms with Crippen LogP contribution < -0.4 is 5.32 Å². The number of hydrogen-bond acceptors (Lipinski definition) is 4. The minimum Gasteiger partial charge on any atom is -0.465 e. The number of benzene rings is 1. The Balaban J connectivity index is 1.96. The summed E-state index contributed by atoms with van der Waals surface area (Å²) in [6.45, 7) is 2.19. The van der Waals surface area contributed by atoms with Crippen molar-refractivity contribution in [3.05, 3.63) is 49.8 Å². The fraction of sp³-hybridized carbons (Fsp3) is 0.333. The van der Waals surface area contributed by atoms with Gasteiger partial charge in [0.2, 0.25) is 0 Å². The average Bonchev–Trinajstić information content (AvgIpc) is 2.90. The predicted octanol–water partition coefficient (Wildman–Crippen LogP) is 5.22. The molecule has 1 amide bonds. The summed E-state index contributed by atoms with van der Waals surface area (Å²) in [5, 5.41) is 4.06. The van der Waals surface area contributed by atoms with Crippen LogP contribution in [0.15, 0.2) is 18.2 Å². The molecule has 4 nitrogen and oxygen atoms in total. The summed E-state index contributed by atoms with van der Waals surface area (Å²) >= 11 is 13.4. The lowest BCUT2D eigenvalue weighted by molar-refractivity contribution is 0.0601. The lowest BCUT2D eigenvalue weighted by atomic mass is 9.88. The van der Waals surface area contributed by atoms with Crippen molar-refractivity contribution in [2.24, 2.45) is 5.92 Å². The molecule has 1 aromatic heterocycles. The van der Waals surface area contributed by atoms with Gasteiger partial charge < -0.3 is 10.1 Å². The molecule has 0 aliphatic heterocycles. The number of anilines is 1. The van der Waals surface area contributed by atoms with E-state index in [1.165, 1.54) is 24.5 Å². The minimum absolute atomic E-state index is 0.263. The van der Waals surface area contributed by atoms with E-state index in [1.807, 2.05) is 0 Å². The summed E-state index contributed by atoms with van der Waals surface area (Å²) in [6.07, 6.45) is 2.74. The van der Waals surface area contributed by atoms with Gasteiger partial charge in [-0.1, -0.05) is 30.1 Å². The molecule has 0 radical (unpaired) electrons. The van der Waals surface area contributed by atoms with E-state index in [-0.39, 0.29) is 10.9 Å². The Hall–Kier alpha value is -1.56. The van der Waals surface area contributed by atoms with Gasteiger partial charge in [0.15, 0.2) is 0 Å². The Kier molecular flexibility index (Phi) is 5.37. The summed E-state index contributed by atoms with van der Waals surface area (Å²) in [5.41, 5.74) is 1.77. The lowest BCUT2D eigenvalue weighted by Gasteiger charge is -2.18. The topological polar surface area (TPSA) is 55.4 Å². The molecule has 25 heavy (non-hydrogen) atoms. The van der Waals surface area contributed by atoms with Gasteiger partial charge in [0.1, 0.15) is 5.00 Å². The van der Waals surface area contributed by atoms with E-state index < -0.39 is 5.97 Å². The van der Waals surface area contributed by atoms with Crippen LogP contribution in [0.2, 0.25) is 10.0 Å². The van der Waals surface area contributed by atoms with E-state index in [0.717, 1.165) is 29.7 Å². The third kappa shape index (κ3) is 3.68. The van der Waals surface area contributed by atoms with Gasteiger partial charge in [-0.3, -0.25) is 4.79 Å². The van der Waals surface area contributed by atoms with Crippen molar-refractivity contribution in [1.82, 2.24) is 0 Å². The summed E-state index contributed by atoms with van der Waals surface area (Å²) in [7, 11) is 1.35. The quantitative estimate of drug-likeness (QED) is 0.722. The first-order chi connectivity index (χ1) is 11.9. The van der Waals surface area contributed by atoms with E-state index in [1.54, 1.807) is 12.1 Å². The minimum atomic E-state index is -0.426. The highest BCUT2D eigenvalue weighted by Crippen LogP contribution is 2.40. The molecule has 1 atom stereocenters. The Bertz CT molecular complexity index is 847. The van der Waals surface area contributed by atoms with Gasteiger partial charge in [-0.15, -0.1) is 11.3 Å². The monoisotopic (exact) mass is 397 g/mol. The number of thiophene rings is 1. The van der Waals surface area contributed by atoms with E-state index in [0.29, 0.717) is 27.1 Å². The summed E-state index contributed by atoms with van der Waals surface area (Å²) < 4.78 is 4.93. The smallest absolute Gasteiger partial charge is 0.341 e. The molecule has 1 aliphatic carbocycles. The number of nitrogens with one attached hydrogen (secondary N) is 1. The summed E-state index contributed by atoms with van der Waals surface area (Å²) in [4.78, 5) is 26.0. The first-order valence-electron chi connectivity index (χ1n) is 7.90. The first kappa shape index (κ1) is 18.2. The van der Waals surface area contributed by atoms with Crippen LogP contribution in [0.4, 0.5) is 5.00 Å². The second-order valence-corrected chi connectivity index (χ2v) is 8.07. The molecule has 1 aromatic carbocycles. The molecule has 0 bridgehead atoms. The number of carbonyl (C=O) groups excluding carboxylic acids is 2. The molecule has 1 heterocycles. The summed E-state index contributed by atoms with van der Waals surface area (Å²) in [5.74, 6) is -0.242. The highest BCUT2D eigenvalue weighted by Gasteiger charge is 2.29. The van der Waals surface area contributed by atoms with Crippen LogP contribution in [0.25, 0.3) is 0 Å². The molecule has 0 fully saturated rings. The number of halogens is 2. The zero-order chi connectivity index (χ0) is 18.1. The van der Waals surface area contributed by atoms with Crippen molar-refractivity contribution in [3.8, 4) is 0 Å². The zero-order valence-corrected chi connectivity index (χ0v) is 16.1. The maximum absolute atomic E-state index is 12.6. The molecule has 1 aliphatic rings. The van der Waals surface area contributed by atoms with Gasteiger partial charge in [-0.05, 0) is 48.9 Å².